The average Bonchev–Trinajstić information content (AvgIpc) is 3.22. The smallest absolute Gasteiger partial charge is 0.406 e. The number of ether oxygens (including phenoxy) is 2. The predicted molar refractivity (Wildman–Crippen MR) is 90.9 cm³/mol. The second kappa shape index (κ2) is 6.33. The van der Waals surface area contributed by atoms with Crippen LogP contribution in [0.25, 0.3) is 0 Å². The van der Waals surface area contributed by atoms with Crippen LogP contribution in [0.3, 0.4) is 0 Å². The lowest BCUT2D eigenvalue weighted by molar-refractivity contribution is -0.274. The molecule has 0 amide bonds. The van der Waals surface area contributed by atoms with Crippen molar-refractivity contribution < 1.29 is 22.6 Å². The Balaban J connectivity index is 1.43. The number of guanidine groups is 1. The molecule has 3 atom stereocenters. The minimum Gasteiger partial charge on any atom is -0.406 e. The summed E-state index contributed by atoms with van der Waals surface area (Å²) in [5.41, 5.74) is 6.77. The monoisotopic (exact) mass is 369 g/mol. The number of alkyl halides is 3. The number of aliphatic imine (C=N–C) groups is 1. The van der Waals surface area contributed by atoms with Crippen LogP contribution < -0.4 is 15.8 Å². The van der Waals surface area contributed by atoms with Gasteiger partial charge < -0.3 is 20.5 Å². The maximum absolute atomic E-state index is 12.2. The molecule has 0 radical (unpaired) electrons. The molecule has 0 bridgehead atoms. The zero-order valence-electron chi connectivity index (χ0n) is 14.3. The summed E-state index contributed by atoms with van der Waals surface area (Å²) in [6.45, 7) is 0.789. The third-order valence-electron chi connectivity index (χ3n) is 5.87. The first-order valence-corrected chi connectivity index (χ1v) is 8.95. The molecule has 2 saturated carbocycles. The first-order valence-electron chi connectivity index (χ1n) is 8.95. The minimum atomic E-state index is -4.70. The van der Waals surface area contributed by atoms with Gasteiger partial charge in [0.2, 0.25) is 0 Å². The number of nitrogens with zero attached hydrogens (tertiary/aromatic N) is 1. The zero-order chi connectivity index (χ0) is 18.4. The van der Waals surface area contributed by atoms with E-state index in [9.17, 15) is 13.2 Å². The van der Waals surface area contributed by atoms with Crippen molar-refractivity contribution in [1.82, 2.24) is 0 Å². The third-order valence-corrected chi connectivity index (χ3v) is 5.87. The zero-order valence-corrected chi connectivity index (χ0v) is 14.3. The molecular weight excluding hydrogens is 347 g/mol. The average molecular weight is 369 g/mol. The molecule has 142 valence electrons. The summed E-state index contributed by atoms with van der Waals surface area (Å²) in [6.07, 6.45) is 1.27. The highest BCUT2D eigenvalue weighted by Gasteiger charge is 2.65. The molecule has 0 aromatic heterocycles. The van der Waals surface area contributed by atoms with Crippen LogP contribution in [0.5, 0.6) is 5.75 Å². The van der Waals surface area contributed by atoms with E-state index in [2.05, 4.69) is 10.1 Å². The van der Waals surface area contributed by atoms with Gasteiger partial charge in [0, 0.05) is 23.6 Å². The van der Waals surface area contributed by atoms with Crippen molar-refractivity contribution in [3.8, 4) is 5.75 Å². The lowest BCUT2D eigenvalue weighted by Crippen LogP contribution is -2.61. The standard InChI is InChI=1S/C18H22F3N3O2/c19-18(20,21)26-12-5-3-11(4-6-12)23-16(22)24-14-13-7-10-25-15(13)17(14)8-1-2-9-17/h3-6,13-15H,1-2,7-10H2,(H3,22,23,24). The van der Waals surface area contributed by atoms with Crippen molar-refractivity contribution >= 4 is 11.6 Å². The Bertz CT molecular complexity index is 684. The van der Waals surface area contributed by atoms with Gasteiger partial charge in [-0.25, -0.2) is 4.99 Å². The number of fused-ring (bicyclic) bond motifs is 2. The lowest BCUT2D eigenvalue weighted by atomic mass is 9.54. The fourth-order valence-corrected chi connectivity index (χ4v) is 4.91. The molecule has 1 heterocycles. The predicted octanol–water partition coefficient (Wildman–Crippen LogP) is 3.66. The first-order chi connectivity index (χ1) is 12.4. The quantitative estimate of drug-likeness (QED) is 0.630. The summed E-state index contributed by atoms with van der Waals surface area (Å²) in [4.78, 5) is 4.73. The molecule has 1 spiro atoms. The number of rotatable bonds is 3. The van der Waals surface area contributed by atoms with Gasteiger partial charge in [-0.1, -0.05) is 12.8 Å². The Labute approximate surface area is 149 Å². The van der Waals surface area contributed by atoms with Gasteiger partial charge >= 0.3 is 6.36 Å². The molecule has 26 heavy (non-hydrogen) atoms. The van der Waals surface area contributed by atoms with E-state index in [4.69, 9.17) is 15.5 Å². The van der Waals surface area contributed by atoms with Gasteiger partial charge in [0.25, 0.3) is 0 Å². The van der Waals surface area contributed by atoms with Crippen LogP contribution in [-0.2, 0) is 4.74 Å². The van der Waals surface area contributed by atoms with E-state index in [1.54, 1.807) is 0 Å². The van der Waals surface area contributed by atoms with E-state index in [0.717, 1.165) is 25.9 Å². The number of hydrogen-bond acceptors (Lipinski definition) is 3. The Hall–Kier alpha value is -1.96. The highest BCUT2D eigenvalue weighted by atomic mass is 19.4. The Morgan fingerprint density at radius 2 is 1.92 bits per heavy atom. The van der Waals surface area contributed by atoms with Crippen molar-refractivity contribution in [1.29, 1.82) is 0 Å². The molecule has 8 heteroatoms. The second-order valence-electron chi connectivity index (χ2n) is 7.34. The van der Waals surface area contributed by atoms with Crippen LogP contribution >= 0.6 is 0 Å². The number of nitrogens with one attached hydrogen (secondary N) is 1. The highest BCUT2D eigenvalue weighted by molar-refractivity contribution is 5.92. The van der Waals surface area contributed by atoms with Crippen LogP contribution in [0.15, 0.2) is 29.3 Å². The van der Waals surface area contributed by atoms with E-state index >= 15 is 0 Å². The van der Waals surface area contributed by atoms with E-state index in [-0.39, 0.29) is 23.2 Å². The van der Waals surface area contributed by atoms with Crippen molar-refractivity contribution in [3.05, 3.63) is 24.3 Å². The molecule has 3 N–H and O–H groups in total. The summed E-state index contributed by atoms with van der Waals surface area (Å²) in [6, 6.07) is 5.61. The van der Waals surface area contributed by atoms with Gasteiger partial charge in [-0.3, -0.25) is 0 Å². The number of halogens is 3. The fourth-order valence-electron chi connectivity index (χ4n) is 4.91. The number of benzene rings is 1. The molecule has 1 aliphatic heterocycles. The van der Waals surface area contributed by atoms with Crippen LogP contribution in [0.2, 0.25) is 0 Å². The molecule has 3 fully saturated rings. The summed E-state index contributed by atoms with van der Waals surface area (Å²) in [7, 11) is 0. The Morgan fingerprint density at radius 3 is 2.58 bits per heavy atom. The SMILES string of the molecule is NC(=NC1C2CCOC2C12CCCC2)Nc1ccc(OC(F)(F)F)cc1. The molecule has 1 aromatic rings. The summed E-state index contributed by atoms with van der Waals surface area (Å²) >= 11 is 0. The van der Waals surface area contributed by atoms with Crippen LogP contribution in [0, 0.1) is 11.3 Å². The molecule has 1 aromatic carbocycles. The fraction of sp³-hybridized carbons (Fsp3) is 0.611. The van der Waals surface area contributed by atoms with E-state index < -0.39 is 6.36 Å². The van der Waals surface area contributed by atoms with Gasteiger partial charge in [0.15, 0.2) is 5.96 Å². The Kier molecular flexibility index (Phi) is 4.25. The molecule has 2 aliphatic carbocycles. The van der Waals surface area contributed by atoms with Gasteiger partial charge in [-0.05, 0) is 43.5 Å². The maximum atomic E-state index is 12.2. The third kappa shape index (κ3) is 3.11. The van der Waals surface area contributed by atoms with Gasteiger partial charge in [-0.2, -0.15) is 0 Å². The van der Waals surface area contributed by atoms with Crippen LogP contribution in [-0.4, -0.2) is 31.1 Å². The Morgan fingerprint density at radius 1 is 1.23 bits per heavy atom. The number of nitrogens with two attached hydrogens (primary N) is 1. The largest absolute Gasteiger partial charge is 0.573 e. The van der Waals surface area contributed by atoms with Crippen molar-refractivity contribution in [3.63, 3.8) is 0 Å². The maximum Gasteiger partial charge on any atom is 0.573 e. The van der Waals surface area contributed by atoms with Crippen molar-refractivity contribution in [2.24, 2.45) is 22.1 Å². The topological polar surface area (TPSA) is 68.9 Å². The minimum absolute atomic E-state index is 0.123. The lowest BCUT2D eigenvalue weighted by Gasteiger charge is -2.54. The molecule has 4 rings (SSSR count). The van der Waals surface area contributed by atoms with Gasteiger partial charge in [0.1, 0.15) is 5.75 Å². The van der Waals surface area contributed by atoms with Gasteiger partial charge in [0.05, 0.1) is 12.1 Å². The van der Waals surface area contributed by atoms with Gasteiger partial charge in [-0.15, -0.1) is 13.2 Å². The highest BCUT2D eigenvalue weighted by Crippen LogP contribution is 2.62. The summed E-state index contributed by atoms with van der Waals surface area (Å²) in [5.74, 6) is 0.445. The molecule has 3 aliphatic rings. The van der Waals surface area contributed by atoms with Crippen LogP contribution in [0.4, 0.5) is 18.9 Å². The summed E-state index contributed by atoms with van der Waals surface area (Å²) < 4.78 is 46.4. The molecular formula is C18H22F3N3O2. The normalized spacial score (nSPS) is 30.1. The second-order valence-corrected chi connectivity index (χ2v) is 7.34. The van der Waals surface area contributed by atoms with E-state index in [0.29, 0.717) is 17.7 Å². The van der Waals surface area contributed by atoms with E-state index in [1.165, 1.54) is 37.1 Å². The number of anilines is 1. The van der Waals surface area contributed by atoms with Crippen molar-refractivity contribution in [2.75, 3.05) is 11.9 Å². The van der Waals surface area contributed by atoms with Crippen LogP contribution in [0.1, 0.15) is 32.1 Å². The number of hydrogen-bond donors (Lipinski definition) is 2. The molecule has 3 unspecified atom stereocenters. The van der Waals surface area contributed by atoms with Crippen molar-refractivity contribution in [2.45, 2.75) is 50.6 Å². The van der Waals surface area contributed by atoms with E-state index in [1.807, 2.05) is 0 Å². The molecule has 5 nitrogen and oxygen atoms in total. The first kappa shape index (κ1) is 17.5. The summed E-state index contributed by atoms with van der Waals surface area (Å²) in [5, 5.41) is 2.97. The molecule has 1 saturated heterocycles.